The molecule has 0 unspecified atom stereocenters. The molecule has 0 aromatic rings. The van der Waals surface area contributed by atoms with Crippen molar-refractivity contribution in [3.8, 4) is 0 Å². The highest BCUT2D eigenvalue weighted by Gasteiger charge is 2.17. The van der Waals surface area contributed by atoms with Crippen molar-refractivity contribution in [3.63, 3.8) is 0 Å². The minimum Gasteiger partial charge on any atom is -0.0654 e. The largest absolute Gasteiger partial charge is 0.0654 e. The number of hydrogen-bond acceptors (Lipinski definition) is 0. The summed E-state index contributed by atoms with van der Waals surface area (Å²) >= 11 is 0. The van der Waals surface area contributed by atoms with E-state index in [1.165, 1.54) is 19.3 Å². The first kappa shape index (κ1) is 10.0. The third-order valence-electron chi connectivity index (χ3n) is 1.89. The lowest BCUT2D eigenvalue weighted by Crippen LogP contribution is -2.13. The topological polar surface area (TPSA) is 0 Å². The molecule has 10 heavy (non-hydrogen) atoms. The standard InChI is InChI=1S/C10H22/c1-6-7-10(4,5)8-9(2)3/h9H,6-8H2,1-5H3. The molecule has 0 fully saturated rings. The van der Waals surface area contributed by atoms with Crippen LogP contribution in [0.25, 0.3) is 0 Å². The molecule has 0 nitrogen and oxygen atoms in total. The normalized spacial score (nSPS) is 12.6. The van der Waals surface area contributed by atoms with Gasteiger partial charge in [0, 0.05) is 0 Å². The van der Waals surface area contributed by atoms with E-state index in [0.29, 0.717) is 5.41 Å². The molecule has 0 aliphatic heterocycles. The second-order valence-electron chi connectivity index (χ2n) is 4.51. The molecule has 0 atom stereocenters. The Labute approximate surface area is 66.0 Å². The van der Waals surface area contributed by atoms with Crippen LogP contribution >= 0.6 is 0 Å². The molecule has 0 aromatic heterocycles. The summed E-state index contributed by atoms with van der Waals surface area (Å²) in [5, 5.41) is 0. The molecule has 0 N–H and O–H groups in total. The van der Waals surface area contributed by atoms with Crippen molar-refractivity contribution in [2.75, 3.05) is 0 Å². The third kappa shape index (κ3) is 4.84. The molecular formula is C10H22. The molecular weight excluding hydrogens is 120 g/mol. The second-order valence-corrected chi connectivity index (χ2v) is 4.51. The first-order valence-electron chi connectivity index (χ1n) is 4.48. The van der Waals surface area contributed by atoms with Gasteiger partial charge in [-0.15, -0.1) is 0 Å². The third-order valence-corrected chi connectivity index (χ3v) is 1.89. The van der Waals surface area contributed by atoms with Crippen molar-refractivity contribution in [1.82, 2.24) is 0 Å². The smallest absolute Gasteiger partial charge is 0.0352 e. The maximum Gasteiger partial charge on any atom is -0.0352 e. The molecule has 0 radical (unpaired) electrons. The van der Waals surface area contributed by atoms with Crippen LogP contribution in [0.5, 0.6) is 0 Å². The highest BCUT2D eigenvalue weighted by molar-refractivity contribution is 4.69. The fourth-order valence-corrected chi connectivity index (χ4v) is 1.88. The minimum atomic E-state index is 0.572. The Balaban J connectivity index is 3.63. The maximum absolute atomic E-state index is 2.37. The van der Waals surface area contributed by atoms with E-state index in [9.17, 15) is 0 Å². The molecule has 0 saturated heterocycles. The predicted molar refractivity (Wildman–Crippen MR) is 48.1 cm³/mol. The summed E-state index contributed by atoms with van der Waals surface area (Å²) < 4.78 is 0. The van der Waals surface area contributed by atoms with Crippen molar-refractivity contribution in [1.29, 1.82) is 0 Å². The maximum atomic E-state index is 2.37. The van der Waals surface area contributed by atoms with Crippen LogP contribution in [-0.4, -0.2) is 0 Å². The molecule has 0 heterocycles. The van der Waals surface area contributed by atoms with Gasteiger partial charge in [0.1, 0.15) is 0 Å². The Morgan fingerprint density at radius 1 is 1.20 bits per heavy atom. The Kier molecular flexibility index (Phi) is 4.00. The Hall–Kier alpha value is 0. The van der Waals surface area contributed by atoms with Gasteiger partial charge >= 0.3 is 0 Å². The van der Waals surface area contributed by atoms with Crippen molar-refractivity contribution in [2.45, 2.75) is 53.9 Å². The lowest BCUT2D eigenvalue weighted by molar-refractivity contribution is 0.263. The van der Waals surface area contributed by atoms with E-state index in [1.54, 1.807) is 0 Å². The average molecular weight is 142 g/mol. The van der Waals surface area contributed by atoms with Gasteiger partial charge < -0.3 is 0 Å². The van der Waals surface area contributed by atoms with Crippen molar-refractivity contribution in [2.24, 2.45) is 11.3 Å². The van der Waals surface area contributed by atoms with Gasteiger partial charge in [0.25, 0.3) is 0 Å². The summed E-state index contributed by atoms with van der Waals surface area (Å²) in [6.07, 6.45) is 4.05. The van der Waals surface area contributed by atoms with Crippen molar-refractivity contribution < 1.29 is 0 Å². The van der Waals surface area contributed by atoms with Gasteiger partial charge in [0.2, 0.25) is 0 Å². The zero-order valence-electron chi connectivity index (χ0n) is 8.20. The van der Waals surface area contributed by atoms with Crippen LogP contribution < -0.4 is 0 Å². The van der Waals surface area contributed by atoms with Crippen LogP contribution in [0, 0.1) is 11.3 Å². The predicted octanol–water partition coefficient (Wildman–Crippen LogP) is 3.86. The monoisotopic (exact) mass is 142 g/mol. The minimum absolute atomic E-state index is 0.572. The first-order chi connectivity index (χ1) is 4.48. The Bertz CT molecular complexity index is 80.0. The van der Waals surface area contributed by atoms with Crippen LogP contribution in [0.4, 0.5) is 0 Å². The number of rotatable bonds is 4. The summed E-state index contributed by atoms with van der Waals surface area (Å²) in [6, 6.07) is 0. The van der Waals surface area contributed by atoms with Crippen LogP contribution in [0.15, 0.2) is 0 Å². The van der Waals surface area contributed by atoms with E-state index < -0.39 is 0 Å². The van der Waals surface area contributed by atoms with E-state index in [2.05, 4.69) is 34.6 Å². The fourth-order valence-electron chi connectivity index (χ4n) is 1.88. The lowest BCUT2D eigenvalue weighted by Gasteiger charge is -2.25. The van der Waals surface area contributed by atoms with Gasteiger partial charge in [-0.3, -0.25) is 0 Å². The molecule has 0 amide bonds. The van der Waals surface area contributed by atoms with E-state index in [0.717, 1.165) is 5.92 Å². The summed E-state index contributed by atoms with van der Waals surface area (Å²) in [5.41, 5.74) is 0.572. The quantitative estimate of drug-likeness (QED) is 0.559. The van der Waals surface area contributed by atoms with Gasteiger partial charge in [-0.2, -0.15) is 0 Å². The van der Waals surface area contributed by atoms with Crippen molar-refractivity contribution >= 4 is 0 Å². The van der Waals surface area contributed by atoms with Crippen LogP contribution in [0.2, 0.25) is 0 Å². The van der Waals surface area contributed by atoms with Crippen molar-refractivity contribution in [3.05, 3.63) is 0 Å². The summed E-state index contributed by atoms with van der Waals surface area (Å²) in [6.45, 7) is 11.6. The van der Waals surface area contributed by atoms with Gasteiger partial charge in [-0.25, -0.2) is 0 Å². The first-order valence-corrected chi connectivity index (χ1v) is 4.48. The van der Waals surface area contributed by atoms with Crippen LogP contribution in [0.3, 0.4) is 0 Å². The molecule has 0 rings (SSSR count). The highest BCUT2D eigenvalue weighted by atomic mass is 14.2. The van der Waals surface area contributed by atoms with Gasteiger partial charge in [0.05, 0.1) is 0 Å². The van der Waals surface area contributed by atoms with Gasteiger partial charge in [-0.05, 0) is 24.2 Å². The number of hydrogen-bond donors (Lipinski definition) is 0. The van der Waals surface area contributed by atoms with Gasteiger partial charge in [0.15, 0.2) is 0 Å². The van der Waals surface area contributed by atoms with Crippen LogP contribution in [0.1, 0.15) is 53.9 Å². The summed E-state index contributed by atoms with van der Waals surface area (Å²) in [4.78, 5) is 0. The van der Waals surface area contributed by atoms with Crippen LogP contribution in [-0.2, 0) is 0 Å². The Morgan fingerprint density at radius 2 is 1.70 bits per heavy atom. The average Bonchev–Trinajstić information content (AvgIpc) is 1.59. The molecule has 0 bridgehead atoms. The molecule has 0 aliphatic rings. The zero-order chi connectivity index (χ0) is 8.20. The molecule has 0 spiro atoms. The molecule has 0 aliphatic carbocycles. The van der Waals surface area contributed by atoms with E-state index >= 15 is 0 Å². The van der Waals surface area contributed by atoms with E-state index in [1.807, 2.05) is 0 Å². The SMILES string of the molecule is CCCC(C)(C)CC(C)C. The Morgan fingerprint density at radius 3 is 2.00 bits per heavy atom. The molecule has 62 valence electrons. The zero-order valence-corrected chi connectivity index (χ0v) is 8.20. The highest BCUT2D eigenvalue weighted by Crippen LogP contribution is 2.29. The molecule has 0 heteroatoms. The fraction of sp³-hybridized carbons (Fsp3) is 1.00. The lowest BCUT2D eigenvalue weighted by atomic mass is 9.80. The van der Waals surface area contributed by atoms with E-state index in [4.69, 9.17) is 0 Å². The summed E-state index contributed by atoms with van der Waals surface area (Å²) in [5.74, 6) is 0.849. The summed E-state index contributed by atoms with van der Waals surface area (Å²) in [7, 11) is 0. The molecule has 0 aromatic carbocycles. The second kappa shape index (κ2) is 4.00. The molecule has 0 saturated carbocycles. The van der Waals surface area contributed by atoms with E-state index in [-0.39, 0.29) is 0 Å². The van der Waals surface area contributed by atoms with Gasteiger partial charge in [-0.1, -0.05) is 41.0 Å².